The largest absolute Gasteiger partial charge is 0.497 e. The summed E-state index contributed by atoms with van der Waals surface area (Å²) in [5, 5.41) is 11.0. The minimum Gasteiger partial charge on any atom is -0.497 e. The number of alkyl carbamates (subject to hydrolysis) is 1. The highest BCUT2D eigenvalue weighted by Crippen LogP contribution is 2.26. The summed E-state index contributed by atoms with van der Waals surface area (Å²) in [5.74, 6) is -4.05. The molecule has 0 bridgehead atoms. The first-order valence-electron chi connectivity index (χ1n) is 6.30. The quantitative estimate of drug-likeness (QED) is 0.891. The van der Waals surface area contributed by atoms with Crippen LogP contribution in [0.3, 0.4) is 0 Å². The fourth-order valence-electron chi connectivity index (χ4n) is 1.64. The Morgan fingerprint density at radius 2 is 1.73 bits per heavy atom. The second kappa shape index (κ2) is 6.59. The molecule has 0 aliphatic rings. The molecule has 22 heavy (non-hydrogen) atoms. The van der Waals surface area contributed by atoms with Crippen molar-refractivity contribution in [3.8, 4) is 5.75 Å². The molecule has 0 aliphatic heterocycles. The highest BCUT2D eigenvalue weighted by Gasteiger charge is 2.30. The van der Waals surface area contributed by atoms with E-state index in [1.54, 1.807) is 20.8 Å². The van der Waals surface area contributed by atoms with Gasteiger partial charge < -0.3 is 19.9 Å². The van der Waals surface area contributed by atoms with Crippen molar-refractivity contribution in [2.75, 3.05) is 7.11 Å². The molecule has 8 heteroatoms. The third-order valence-corrected chi connectivity index (χ3v) is 2.48. The molecule has 0 saturated heterocycles. The summed E-state index contributed by atoms with van der Waals surface area (Å²) < 4.78 is 37.4. The van der Waals surface area contributed by atoms with Crippen LogP contribution in [0.15, 0.2) is 12.1 Å². The average Bonchev–Trinajstić information content (AvgIpc) is 2.33. The number of carboxylic acid groups (broad SMARTS) is 1. The normalized spacial score (nSPS) is 12.5. The molecule has 2 N–H and O–H groups in total. The Labute approximate surface area is 126 Å². The van der Waals surface area contributed by atoms with E-state index in [1.807, 2.05) is 5.32 Å². The van der Waals surface area contributed by atoms with Gasteiger partial charge in [0.1, 0.15) is 23.0 Å². The van der Waals surface area contributed by atoms with Gasteiger partial charge in [-0.25, -0.2) is 18.4 Å². The van der Waals surface area contributed by atoms with Crippen molar-refractivity contribution in [1.29, 1.82) is 0 Å². The van der Waals surface area contributed by atoms with Gasteiger partial charge in [0.05, 0.1) is 12.7 Å². The lowest BCUT2D eigenvalue weighted by Gasteiger charge is -2.22. The van der Waals surface area contributed by atoms with Crippen molar-refractivity contribution < 1.29 is 33.0 Å². The van der Waals surface area contributed by atoms with E-state index in [-0.39, 0.29) is 5.75 Å². The molecule has 1 aromatic rings. The molecule has 1 rings (SSSR count). The molecular weight excluding hydrogens is 300 g/mol. The first-order chi connectivity index (χ1) is 10.0. The van der Waals surface area contributed by atoms with Gasteiger partial charge in [-0.15, -0.1) is 0 Å². The SMILES string of the molecule is COc1cc(F)c(C(NC(=O)OC(C)(C)C)C(=O)O)c(F)c1. The number of methoxy groups -OCH3 is 1. The zero-order chi connectivity index (χ0) is 17.1. The Bertz CT molecular complexity index is 560. The van der Waals surface area contributed by atoms with E-state index >= 15 is 0 Å². The van der Waals surface area contributed by atoms with Crippen molar-refractivity contribution in [3.05, 3.63) is 29.3 Å². The Morgan fingerprint density at radius 3 is 2.09 bits per heavy atom. The van der Waals surface area contributed by atoms with Crippen LogP contribution in [-0.2, 0) is 9.53 Å². The maximum absolute atomic E-state index is 13.9. The van der Waals surface area contributed by atoms with E-state index in [9.17, 15) is 18.4 Å². The average molecular weight is 317 g/mol. The molecule has 0 saturated carbocycles. The second-order valence-electron chi connectivity index (χ2n) is 5.42. The Kier molecular flexibility index (Phi) is 5.29. The van der Waals surface area contributed by atoms with Crippen molar-refractivity contribution in [1.82, 2.24) is 5.32 Å². The van der Waals surface area contributed by atoms with Crippen LogP contribution < -0.4 is 10.1 Å². The first-order valence-corrected chi connectivity index (χ1v) is 6.30. The molecule has 1 amide bonds. The lowest BCUT2D eigenvalue weighted by Crippen LogP contribution is -2.38. The summed E-state index contributed by atoms with van der Waals surface area (Å²) in [4.78, 5) is 22.9. The number of benzene rings is 1. The van der Waals surface area contributed by atoms with E-state index in [0.29, 0.717) is 0 Å². The van der Waals surface area contributed by atoms with Crippen LogP contribution in [0.4, 0.5) is 13.6 Å². The molecule has 122 valence electrons. The number of hydrogen-bond donors (Lipinski definition) is 2. The van der Waals surface area contributed by atoms with Crippen molar-refractivity contribution in [3.63, 3.8) is 0 Å². The van der Waals surface area contributed by atoms with Crippen molar-refractivity contribution in [2.24, 2.45) is 0 Å². The molecule has 1 atom stereocenters. The monoisotopic (exact) mass is 317 g/mol. The van der Waals surface area contributed by atoms with Crippen LogP contribution in [-0.4, -0.2) is 29.9 Å². The lowest BCUT2D eigenvalue weighted by atomic mass is 10.1. The molecular formula is C14H17F2NO5. The van der Waals surface area contributed by atoms with Gasteiger partial charge in [-0.1, -0.05) is 0 Å². The summed E-state index contributed by atoms with van der Waals surface area (Å²) in [6, 6.07) is -0.281. The van der Waals surface area contributed by atoms with Crippen LogP contribution in [0.1, 0.15) is 32.4 Å². The highest BCUT2D eigenvalue weighted by atomic mass is 19.1. The van der Waals surface area contributed by atoms with Crippen LogP contribution in [0.5, 0.6) is 5.75 Å². The highest BCUT2D eigenvalue weighted by molar-refractivity contribution is 5.81. The van der Waals surface area contributed by atoms with Gasteiger partial charge in [0.15, 0.2) is 6.04 Å². The lowest BCUT2D eigenvalue weighted by molar-refractivity contribution is -0.139. The molecule has 6 nitrogen and oxygen atoms in total. The fourth-order valence-corrected chi connectivity index (χ4v) is 1.64. The van der Waals surface area contributed by atoms with E-state index in [1.165, 1.54) is 7.11 Å². The van der Waals surface area contributed by atoms with Crippen LogP contribution in [0.25, 0.3) is 0 Å². The predicted molar refractivity (Wildman–Crippen MR) is 72.7 cm³/mol. The second-order valence-corrected chi connectivity index (χ2v) is 5.42. The number of rotatable bonds is 4. The smallest absolute Gasteiger partial charge is 0.408 e. The van der Waals surface area contributed by atoms with Gasteiger partial charge >= 0.3 is 12.1 Å². The van der Waals surface area contributed by atoms with Gasteiger partial charge in [0, 0.05) is 12.1 Å². The van der Waals surface area contributed by atoms with Gasteiger partial charge in [0.2, 0.25) is 0 Å². The van der Waals surface area contributed by atoms with Gasteiger partial charge in [-0.05, 0) is 20.8 Å². The summed E-state index contributed by atoms with van der Waals surface area (Å²) in [6.45, 7) is 4.70. The number of carbonyl (C=O) groups excluding carboxylic acids is 1. The van der Waals surface area contributed by atoms with Gasteiger partial charge in [0.25, 0.3) is 0 Å². The zero-order valence-corrected chi connectivity index (χ0v) is 12.6. The molecule has 0 heterocycles. The topological polar surface area (TPSA) is 84.9 Å². The molecule has 0 spiro atoms. The third-order valence-electron chi connectivity index (χ3n) is 2.48. The summed E-state index contributed by atoms with van der Waals surface area (Å²) in [5.41, 5.74) is -1.69. The summed E-state index contributed by atoms with van der Waals surface area (Å²) in [6.07, 6.45) is -1.10. The molecule has 0 fully saturated rings. The molecule has 0 aromatic heterocycles. The number of amides is 1. The zero-order valence-electron chi connectivity index (χ0n) is 12.6. The van der Waals surface area contributed by atoms with Gasteiger partial charge in [-0.3, -0.25) is 0 Å². The van der Waals surface area contributed by atoms with E-state index in [2.05, 4.69) is 4.74 Å². The maximum Gasteiger partial charge on any atom is 0.408 e. The summed E-state index contributed by atoms with van der Waals surface area (Å²) >= 11 is 0. The minimum absolute atomic E-state index is 0.111. The van der Waals surface area contributed by atoms with Crippen molar-refractivity contribution in [2.45, 2.75) is 32.4 Å². The predicted octanol–water partition coefficient (Wildman–Crippen LogP) is 2.62. The third kappa shape index (κ3) is 4.57. The molecule has 1 unspecified atom stereocenters. The van der Waals surface area contributed by atoms with Crippen LogP contribution in [0.2, 0.25) is 0 Å². The van der Waals surface area contributed by atoms with E-state index in [0.717, 1.165) is 12.1 Å². The fraction of sp³-hybridized carbons (Fsp3) is 0.429. The van der Waals surface area contributed by atoms with E-state index < -0.39 is 40.9 Å². The number of halogens is 2. The summed E-state index contributed by atoms with van der Waals surface area (Å²) in [7, 11) is 1.21. The number of carboxylic acids is 1. The maximum atomic E-state index is 13.9. The van der Waals surface area contributed by atoms with Gasteiger partial charge in [-0.2, -0.15) is 0 Å². The molecule has 0 aliphatic carbocycles. The Balaban J connectivity index is 3.12. The number of hydrogen-bond acceptors (Lipinski definition) is 4. The first kappa shape index (κ1) is 17.7. The van der Waals surface area contributed by atoms with E-state index in [4.69, 9.17) is 9.84 Å². The molecule has 0 radical (unpaired) electrons. The Morgan fingerprint density at radius 1 is 1.23 bits per heavy atom. The molecule has 1 aromatic carbocycles. The minimum atomic E-state index is -1.93. The number of aliphatic carboxylic acids is 1. The van der Waals surface area contributed by atoms with Crippen molar-refractivity contribution >= 4 is 12.1 Å². The van der Waals surface area contributed by atoms with Crippen LogP contribution in [0, 0.1) is 11.6 Å². The number of carbonyl (C=O) groups is 2. The standard InChI is InChI=1S/C14H17F2NO5/c1-14(2,3)22-13(20)17-11(12(18)19)10-8(15)5-7(21-4)6-9(10)16/h5-6,11H,1-4H3,(H,17,20)(H,18,19). The number of nitrogens with one attached hydrogen (secondary N) is 1. The Hall–Kier alpha value is -2.38. The van der Waals surface area contributed by atoms with Crippen LogP contribution >= 0.6 is 0 Å². The number of ether oxygens (including phenoxy) is 2.